The molecular weight excluding hydrogens is 208 g/mol. The molecule has 0 saturated carbocycles. The van der Waals surface area contributed by atoms with Crippen molar-refractivity contribution in [3.8, 4) is 0 Å². The van der Waals surface area contributed by atoms with E-state index < -0.39 is 0 Å². The summed E-state index contributed by atoms with van der Waals surface area (Å²) >= 11 is 0. The van der Waals surface area contributed by atoms with E-state index in [4.69, 9.17) is 0 Å². The van der Waals surface area contributed by atoms with E-state index >= 15 is 0 Å². The molecule has 0 saturated heterocycles. The van der Waals surface area contributed by atoms with Gasteiger partial charge < -0.3 is 5.32 Å². The molecule has 1 aromatic rings. The van der Waals surface area contributed by atoms with Crippen molar-refractivity contribution in [3.63, 3.8) is 0 Å². The highest BCUT2D eigenvalue weighted by Gasteiger charge is 2.11. The lowest BCUT2D eigenvalue weighted by atomic mass is 9.99. The van der Waals surface area contributed by atoms with Crippen LogP contribution < -0.4 is 5.32 Å². The Balaban J connectivity index is 2.58. The second-order valence-electron chi connectivity index (χ2n) is 5.10. The maximum Gasteiger partial charge on any atom is 0.0419 e. The maximum absolute atomic E-state index is 4.54. The highest BCUT2D eigenvalue weighted by Crippen LogP contribution is 2.10. The predicted molar refractivity (Wildman–Crippen MR) is 74.2 cm³/mol. The molecule has 0 bridgehead atoms. The number of pyridine rings is 1. The molecule has 0 fully saturated rings. The molecule has 1 heterocycles. The molecule has 1 aromatic heterocycles. The van der Waals surface area contributed by atoms with Crippen LogP contribution in [0.15, 0.2) is 18.3 Å². The van der Waals surface area contributed by atoms with Gasteiger partial charge in [-0.1, -0.05) is 33.8 Å². The van der Waals surface area contributed by atoms with Crippen molar-refractivity contribution in [3.05, 3.63) is 29.6 Å². The summed E-state index contributed by atoms with van der Waals surface area (Å²) < 4.78 is 0. The molecule has 2 nitrogen and oxygen atoms in total. The Bertz CT molecular complexity index is 303. The third kappa shape index (κ3) is 5.31. The van der Waals surface area contributed by atoms with Gasteiger partial charge in [0.1, 0.15) is 0 Å². The van der Waals surface area contributed by atoms with Crippen LogP contribution in [0.2, 0.25) is 0 Å². The first-order valence-electron chi connectivity index (χ1n) is 6.82. The van der Waals surface area contributed by atoms with Crippen LogP contribution in [0.4, 0.5) is 0 Å². The molecule has 1 unspecified atom stereocenters. The number of nitrogens with zero attached hydrogens (tertiary/aromatic N) is 1. The van der Waals surface area contributed by atoms with Crippen molar-refractivity contribution in [1.29, 1.82) is 0 Å². The van der Waals surface area contributed by atoms with Crippen LogP contribution >= 0.6 is 0 Å². The summed E-state index contributed by atoms with van der Waals surface area (Å²) in [7, 11) is 0. The summed E-state index contributed by atoms with van der Waals surface area (Å²) in [6, 6.07) is 4.92. The molecule has 0 aliphatic heterocycles. The molecule has 1 atom stereocenters. The molecule has 0 amide bonds. The zero-order valence-electron chi connectivity index (χ0n) is 11.7. The zero-order valence-corrected chi connectivity index (χ0v) is 11.7. The summed E-state index contributed by atoms with van der Waals surface area (Å²) in [6.07, 6.45) is 5.32. The second kappa shape index (κ2) is 7.44. The zero-order chi connectivity index (χ0) is 12.7. The molecule has 0 aliphatic rings. The molecule has 0 aromatic carbocycles. The Morgan fingerprint density at radius 1 is 1.24 bits per heavy atom. The fourth-order valence-corrected chi connectivity index (χ4v) is 2.13. The summed E-state index contributed by atoms with van der Waals surface area (Å²) in [5.74, 6) is 0.731. The van der Waals surface area contributed by atoms with Crippen LogP contribution in [0.25, 0.3) is 0 Å². The minimum atomic E-state index is 0.556. The molecule has 1 N–H and O–H groups in total. The lowest BCUT2D eigenvalue weighted by molar-refractivity contribution is 0.421. The van der Waals surface area contributed by atoms with E-state index in [-0.39, 0.29) is 0 Å². The van der Waals surface area contributed by atoms with Gasteiger partial charge in [0.05, 0.1) is 0 Å². The van der Waals surface area contributed by atoms with Crippen molar-refractivity contribution in [1.82, 2.24) is 10.3 Å². The number of likely N-dealkylation sites (N-methyl/N-ethyl adjacent to an activating group) is 1. The van der Waals surface area contributed by atoms with Gasteiger partial charge in [-0.25, -0.2) is 0 Å². The van der Waals surface area contributed by atoms with Crippen molar-refractivity contribution in [2.24, 2.45) is 5.92 Å². The number of nitrogens with one attached hydrogen (secondary N) is 1. The Hall–Kier alpha value is -0.890. The van der Waals surface area contributed by atoms with E-state index in [0.717, 1.165) is 25.3 Å². The molecule has 17 heavy (non-hydrogen) atoms. The van der Waals surface area contributed by atoms with E-state index in [1.54, 1.807) is 0 Å². The summed E-state index contributed by atoms with van der Waals surface area (Å²) in [4.78, 5) is 4.54. The van der Waals surface area contributed by atoms with Crippen LogP contribution in [0.3, 0.4) is 0 Å². The van der Waals surface area contributed by atoms with Gasteiger partial charge in [-0.3, -0.25) is 4.98 Å². The quantitative estimate of drug-likeness (QED) is 0.783. The van der Waals surface area contributed by atoms with Crippen molar-refractivity contribution in [2.75, 3.05) is 6.54 Å². The lowest BCUT2D eigenvalue weighted by Crippen LogP contribution is -2.32. The van der Waals surface area contributed by atoms with Gasteiger partial charge in [0.2, 0.25) is 0 Å². The first-order valence-corrected chi connectivity index (χ1v) is 6.82. The number of rotatable bonds is 7. The fourth-order valence-electron chi connectivity index (χ4n) is 2.13. The number of hydrogen-bond acceptors (Lipinski definition) is 2. The van der Waals surface area contributed by atoms with Crippen molar-refractivity contribution < 1.29 is 0 Å². The lowest BCUT2D eigenvalue weighted by Gasteiger charge is -2.19. The molecule has 2 heteroatoms. The third-order valence-corrected chi connectivity index (χ3v) is 3.00. The highest BCUT2D eigenvalue weighted by atomic mass is 14.9. The van der Waals surface area contributed by atoms with Crippen LogP contribution in [-0.4, -0.2) is 17.6 Å². The van der Waals surface area contributed by atoms with Gasteiger partial charge >= 0.3 is 0 Å². The topological polar surface area (TPSA) is 24.9 Å². The van der Waals surface area contributed by atoms with Gasteiger partial charge in [-0.05, 0) is 36.9 Å². The normalized spacial score (nSPS) is 13.0. The Morgan fingerprint density at radius 2 is 2.00 bits per heavy atom. The van der Waals surface area contributed by atoms with E-state index in [1.807, 2.05) is 6.20 Å². The molecular formula is C15H26N2. The molecule has 96 valence electrons. The third-order valence-electron chi connectivity index (χ3n) is 3.00. The largest absolute Gasteiger partial charge is 0.314 e. The first-order chi connectivity index (χ1) is 8.15. The summed E-state index contributed by atoms with van der Waals surface area (Å²) in [5.41, 5.74) is 2.52. The van der Waals surface area contributed by atoms with Gasteiger partial charge in [0.15, 0.2) is 0 Å². The minimum absolute atomic E-state index is 0.556. The first kappa shape index (κ1) is 14.2. The Kier molecular flexibility index (Phi) is 6.20. The van der Waals surface area contributed by atoms with E-state index in [9.17, 15) is 0 Å². The average Bonchev–Trinajstić information content (AvgIpc) is 2.29. The summed E-state index contributed by atoms with van der Waals surface area (Å²) in [5, 5.41) is 3.55. The fraction of sp³-hybridized carbons (Fsp3) is 0.667. The minimum Gasteiger partial charge on any atom is -0.314 e. The van der Waals surface area contributed by atoms with Gasteiger partial charge in [-0.2, -0.15) is 0 Å². The standard InChI is InChI=1S/C15H26N2/c1-5-13-7-8-14(17-11-13)10-15(16-6-2)9-12(3)4/h7-8,11-12,15-16H,5-6,9-10H2,1-4H3. The van der Waals surface area contributed by atoms with Gasteiger partial charge in [0, 0.05) is 24.4 Å². The highest BCUT2D eigenvalue weighted by molar-refractivity contribution is 5.14. The number of aromatic nitrogens is 1. The predicted octanol–water partition coefficient (Wildman–Crippen LogP) is 3.21. The van der Waals surface area contributed by atoms with Crippen LogP contribution in [0, 0.1) is 5.92 Å². The van der Waals surface area contributed by atoms with Crippen molar-refractivity contribution >= 4 is 0 Å². The second-order valence-corrected chi connectivity index (χ2v) is 5.10. The monoisotopic (exact) mass is 234 g/mol. The molecule has 0 radical (unpaired) electrons. The van der Waals surface area contributed by atoms with Crippen LogP contribution in [0.5, 0.6) is 0 Å². The summed E-state index contributed by atoms with van der Waals surface area (Å²) in [6.45, 7) is 9.91. The van der Waals surface area contributed by atoms with Crippen LogP contribution in [0.1, 0.15) is 45.4 Å². The van der Waals surface area contributed by atoms with Crippen LogP contribution in [-0.2, 0) is 12.8 Å². The average molecular weight is 234 g/mol. The van der Waals surface area contributed by atoms with Crippen molar-refractivity contribution in [2.45, 2.75) is 53.0 Å². The van der Waals surface area contributed by atoms with Gasteiger partial charge in [0.25, 0.3) is 0 Å². The molecule has 0 aliphatic carbocycles. The Morgan fingerprint density at radius 3 is 2.47 bits per heavy atom. The SMILES string of the molecule is CCNC(Cc1ccc(CC)cn1)CC(C)C. The van der Waals surface area contributed by atoms with E-state index in [2.05, 4.69) is 50.1 Å². The number of hydrogen-bond donors (Lipinski definition) is 1. The van der Waals surface area contributed by atoms with Gasteiger partial charge in [-0.15, -0.1) is 0 Å². The Labute approximate surface area is 106 Å². The van der Waals surface area contributed by atoms with E-state index in [0.29, 0.717) is 6.04 Å². The molecule has 0 spiro atoms. The maximum atomic E-state index is 4.54. The molecule has 1 rings (SSSR count). The number of aryl methyl sites for hydroxylation is 1. The smallest absolute Gasteiger partial charge is 0.0419 e. The van der Waals surface area contributed by atoms with E-state index in [1.165, 1.54) is 17.7 Å².